The lowest BCUT2D eigenvalue weighted by Gasteiger charge is -2.56. The average molecular weight is 335 g/mol. The highest BCUT2D eigenvalue weighted by Crippen LogP contribution is 2.43. The lowest BCUT2D eigenvalue weighted by Crippen LogP contribution is -2.62. The van der Waals surface area contributed by atoms with Crippen LogP contribution in [0.3, 0.4) is 0 Å². The highest BCUT2D eigenvalue weighted by Gasteiger charge is 2.47. The van der Waals surface area contributed by atoms with E-state index in [0.717, 1.165) is 24.1 Å². The molecule has 0 bridgehead atoms. The molecular weight excluding hydrogens is 306 g/mol. The van der Waals surface area contributed by atoms with E-state index in [1.807, 2.05) is 18.2 Å². The maximum Gasteiger partial charge on any atom is 0.0788 e. The standard InChI is InChI=1S/C23H29NO/c1-22(2)16-21(25)20(15-18-11-7-5-8-12-18)23(3,4)24(22)17-19-13-9-6-10-14-19/h5-15,21,25H,16-17H2,1-4H3/b20-15-. The SMILES string of the molecule is CC1(C)CC(O)/C(=C/c2ccccc2)C(C)(C)N1Cc1ccccc1. The van der Waals surface area contributed by atoms with Gasteiger partial charge in [-0.1, -0.05) is 66.7 Å². The molecule has 1 aliphatic heterocycles. The van der Waals surface area contributed by atoms with Crippen molar-refractivity contribution in [2.24, 2.45) is 0 Å². The summed E-state index contributed by atoms with van der Waals surface area (Å²) in [6, 6.07) is 20.9. The molecular formula is C23H29NO. The number of likely N-dealkylation sites (tertiary alicyclic amines) is 1. The van der Waals surface area contributed by atoms with Gasteiger partial charge in [0.25, 0.3) is 0 Å². The topological polar surface area (TPSA) is 23.5 Å². The van der Waals surface area contributed by atoms with Crippen LogP contribution < -0.4 is 0 Å². The van der Waals surface area contributed by atoms with Gasteiger partial charge in [-0.25, -0.2) is 0 Å². The van der Waals surface area contributed by atoms with Crippen molar-refractivity contribution in [2.75, 3.05) is 0 Å². The van der Waals surface area contributed by atoms with Gasteiger partial charge >= 0.3 is 0 Å². The molecule has 1 saturated heterocycles. The Kier molecular flexibility index (Phi) is 4.86. The molecule has 1 atom stereocenters. The minimum absolute atomic E-state index is 0.0766. The van der Waals surface area contributed by atoms with E-state index in [-0.39, 0.29) is 11.1 Å². The first-order valence-corrected chi connectivity index (χ1v) is 9.07. The van der Waals surface area contributed by atoms with Crippen molar-refractivity contribution in [3.05, 3.63) is 77.4 Å². The Balaban J connectivity index is 2.00. The van der Waals surface area contributed by atoms with Crippen LogP contribution in [0.2, 0.25) is 0 Å². The molecule has 2 heteroatoms. The van der Waals surface area contributed by atoms with E-state index in [0.29, 0.717) is 0 Å². The molecule has 2 aromatic carbocycles. The first-order valence-electron chi connectivity index (χ1n) is 9.07. The van der Waals surface area contributed by atoms with Crippen molar-refractivity contribution in [3.63, 3.8) is 0 Å². The van der Waals surface area contributed by atoms with Gasteiger partial charge in [-0.3, -0.25) is 4.90 Å². The van der Waals surface area contributed by atoms with Crippen LogP contribution in [0.5, 0.6) is 0 Å². The Morgan fingerprint density at radius 3 is 2.12 bits per heavy atom. The zero-order valence-electron chi connectivity index (χ0n) is 15.7. The molecule has 0 aromatic heterocycles. The number of nitrogens with zero attached hydrogens (tertiary/aromatic N) is 1. The molecule has 0 saturated carbocycles. The minimum Gasteiger partial charge on any atom is -0.389 e. The minimum atomic E-state index is -0.419. The zero-order chi connectivity index (χ0) is 18.1. The van der Waals surface area contributed by atoms with Crippen LogP contribution in [-0.2, 0) is 6.54 Å². The van der Waals surface area contributed by atoms with Crippen LogP contribution in [0, 0.1) is 0 Å². The van der Waals surface area contributed by atoms with Crippen LogP contribution >= 0.6 is 0 Å². The summed E-state index contributed by atoms with van der Waals surface area (Å²) in [7, 11) is 0. The zero-order valence-corrected chi connectivity index (χ0v) is 15.7. The first kappa shape index (κ1) is 17.9. The highest BCUT2D eigenvalue weighted by atomic mass is 16.3. The van der Waals surface area contributed by atoms with Gasteiger partial charge in [-0.15, -0.1) is 0 Å². The molecule has 1 unspecified atom stereocenters. The Labute approximate surface area is 151 Å². The summed E-state index contributed by atoms with van der Waals surface area (Å²) in [5.74, 6) is 0. The summed E-state index contributed by atoms with van der Waals surface area (Å²) in [6.07, 6.45) is 2.48. The van der Waals surface area contributed by atoms with Gasteiger partial charge in [0, 0.05) is 17.6 Å². The van der Waals surface area contributed by atoms with Crippen LogP contribution in [0.25, 0.3) is 6.08 Å². The van der Waals surface area contributed by atoms with Crippen molar-refractivity contribution in [1.29, 1.82) is 0 Å². The number of piperidine rings is 1. The molecule has 2 nitrogen and oxygen atoms in total. The summed E-state index contributed by atoms with van der Waals surface area (Å²) in [5, 5.41) is 10.9. The Morgan fingerprint density at radius 1 is 0.960 bits per heavy atom. The number of aliphatic hydroxyl groups is 1. The predicted molar refractivity (Wildman–Crippen MR) is 105 cm³/mol. The lowest BCUT2D eigenvalue weighted by atomic mass is 9.73. The molecule has 1 heterocycles. The summed E-state index contributed by atoms with van der Waals surface area (Å²) in [5.41, 5.74) is 3.23. The van der Waals surface area contributed by atoms with Crippen molar-refractivity contribution >= 4 is 6.08 Å². The highest BCUT2D eigenvalue weighted by molar-refractivity contribution is 5.57. The van der Waals surface area contributed by atoms with E-state index in [4.69, 9.17) is 0 Å². The Morgan fingerprint density at radius 2 is 1.52 bits per heavy atom. The monoisotopic (exact) mass is 335 g/mol. The second kappa shape index (κ2) is 6.78. The van der Waals surface area contributed by atoms with Gasteiger partial charge < -0.3 is 5.11 Å². The molecule has 1 N–H and O–H groups in total. The van der Waals surface area contributed by atoms with Gasteiger partial charge in [-0.05, 0) is 50.8 Å². The van der Waals surface area contributed by atoms with Crippen molar-refractivity contribution in [3.8, 4) is 0 Å². The molecule has 2 aromatic rings. The smallest absolute Gasteiger partial charge is 0.0788 e. The quantitative estimate of drug-likeness (QED) is 0.863. The number of hydrogen-bond acceptors (Lipinski definition) is 2. The molecule has 1 fully saturated rings. The fourth-order valence-electron chi connectivity index (χ4n) is 4.19. The molecule has 0 radical (unpaired) electrons. The fraction of sp³-hybridized carbons (Fsp3) is 0.391. The summed E-state index contributed by atoms with van der Waals surface area (Å²) in [4.78, 5) is 2.52. The predicted octanol–water partition coefficient (Wildman–Crippen LogP) is 4.89. The maximum atomic E-state index is 10.9. The number of rotatable bonds is 3. The summed E-state index contributed by atoms with van der Waals surface area (Å²) >= 11 is 0. The Hall–Kier alpha value is -1.90. The van der Waals surface area contributed by atoms with Crippen molar-refractivity contribution in [2.45, 2.75) is 57.8 Å². The number of aliphatic hydroxyl groups excluding tert-OH is 1. The van der Waals surface area contributed by atoms with Gasteiger partial charge in [0.05, 0.1) is 6.10 Å². The van der Waals surface area contributed by atoms with Crippen LogP contribution in [-0.4, -0.2) is 27.2 Å². The van der Waals surface area contributed by atoms with Crippen LogP contribution in [0.1, 0.15) is 45.2 Å². The molecule has 3 rings (SSSR count). The van der Waals surface area contributed by atoms with E-state index >= 15 is 0 Å². The van der Waals surface area contributed by atoms with Crippen LogP contribution in [0.4, 0.5) is 0 Å². The van der Waals surface area contributed by atoms with E-state index < -0.39 is 6.10 Å². The van der Waals surface area contributed by atoms with E-state index in [1.165, 1.54) is 5.56 Å². The number of hydrogen-bond donors (Lipinski definition) is 1. The largest absolute Gasteiger partial charge is 0.389 e. The molecule has 1 aliphatic rings. The first-order chi connectivity index (χ1) is 11.8. The molecule has 25 heavy (non-hydrogen) atoms. The van der Waals surface area contributed by atoms with Crippen LogP contribution in [0.15, 0.2) is 66.2 Å². The van der Waals surface area contributed by atoms with E-state index in [9.17, 15) is 5.11 Å². The van der Waals surface area contributed by atoms with Gasteiger partial charge in [0.15, 0.2) is 0 Å². The van der Waals surface area contributed by atoms with E-state index in [1.54, 1.807) is 0 Å². The molecule has 0 aliphatic carbocycles. The third-order valence-corrected chi connectivity index (χ3v) is 5.47. The molecule has 0 amide bonds. The Bertz CT molecular complexity index is 731. The lowest BCUT2D eigenvalue weighted by molar-refractivity contribution is -0.0433. The average Bonchev–Trinajstić information content (AvgIpc) is 2.57. The maximum absolute atomic E-state index is 10.9. The van der Waals surface area contributed by atoms with Gasteiger partial charge in [0.1, 0.15) is 0 Å². The third kappa shape index (κ3) is 3.70. The second-order valence-corrected chi connectivity index (χ2v) is 8.17. The summed E-state index contributed by atoms with van der Waals surface area (Å²) < 4.78 is 0. The second-order valence-electron chi connectivity index (χ2n) is 8.17. The molecule has 0 spiro atoms. The fourth-order valence-corrected chi connectivity index (χ4v) is 4.19. The van der Waals surface area contributed by atoms with E-state index in [2.05, 4.69) is 81.1 Å². The van der Waals surface area contributed by atoms with Crippen molar-refractivity contribution < 1.29 is 5.11 Å². The summed E-state index contributed by atoms with van der Waals surface area (Å²) in [6.45, 7) is 9.81. The van der Waals surface area contributed by atoms with Crippen molar-refractivity contribution in [1.82, 2.24) is 4.90 Å². The molecule has 132 valence electrons. The third-order valence-electron chi connectivity index (χ3n) is 5.47. The normalized spacial score (nSPS) is 24.4. The van der Waals surface area contributed by atoms with Gasteiger partial charge in [0.2, 0.25) is 0 Å². The van der Waals surface area contributed by atoms with Gasteiger partial charge in [-0.2, -0.15) is 0 Å². The number of benzene rings is 2.